The van der Waals surface area contributed by atoms with Crippen LogP contribution in [0.4, 0.5) is 0 Å². The lowest BCUT2D eigenvalue weighted by atomic mass is 9.95. The van der Waals surface area contributed by atoms with Crippen molar-refractivity contribution in [2.24, 2.45) is 0 Å². The maximum absolute atomic E-state index is 12.7. The van der Waals surface area contributed by atoms with Crippen LogP contribution in [0.3, 0.4) is 0 Å². The fraction of sp³-hybridized carbons (Fsp3) is 0.107. The third-order valence-electron chi connectivity index (χ3n) is 6.02. The molecule has 5 rings (SSSR count). The monoisotopic (exact) mass is 484 g/mol. The largest absolute Gasteiger partial charge is 0.506 e. The first kappa shape index (κ1) is 22.9. The summed E-state index contributed by atoms with van der Waals surface area (Å²) in [5, 5.41) is 30.9. The Labute approximate surface area is 204 Å². The van der Waals surface area contributed by atoms with E-state index in [0.29, 0.717) is 11.1 Å². The lowest BCUT2D eigenvalue weighted by Crippen LogP contribution is -2.02. The van der Waals surface area contributed by atoms with Crippen LogP contribution in [-0.4, -0.2) is 33.0 Å². The first-order chi connectivity index (χ1) is 17.3. The summed E-state index contributed by atoms with van der Waals surface area (Å²) in [4.78, 5) is 36.4. The average molecular weight is 484 g/mol. The number of carbonyl (C=O) groups excluding carboxylic acids is 1. The van der Waals surface area contributed by atoms with E-state index in [4.69, 9.17) is 8.83 Å². The molecule has 0 spiro atoms. The SMILES string of the molecule is CC(=O)c1c(O)c2c(CC(=O)O)c(-c3ccccc3)oc2c2c(CC(=O)O)c(-c3ccccc3)oc12. The van der Waals surface area contributed by atoms with Gasteiger partial charge in [-0.25, -0.2) is 0 Å². The highest BCUT2D eigenvalue weighted by atomic mass is 16.4. The van der Waals surface area contributed by atoms with Crippen LogP contribution in [0.25, 0.3) is 44.6 Å². The summed E-state index contributed by atoms with van der Waals surface area (Å²) >= 11 is 0. The molecule has 3 aromatic carbocycles. The summed E-state index contributed by atoms with van der Waals surface area (Å²) in [6.45, 7) is 1.25. The van der Waals surface area contributed by atoms with E-state index in [1.54, 1.807) is 60.7 Å². The minimum absolute atomic E-state index is 0.0159. The number of furan rings is 2. The maximum Gasteiger partial charge on any atom is 0.307 e. The van der Waals surface area contributed by atoms with Gasteiger partial charge in [0.25, 0.3) is 0 Å². The molecule has 2 aromatic heterocycles. The first-order valence-corrected chi connectivity index (χ1v) is 11.1. The summed E-state index contributed by atoms with van der Waals surface area (Å²) < 4.78 is 12.3. The molecular weight excluding hydrogens is 464 g/mol. The smallest absolute Gasteiger partial charge is 0.307 e. The first-order valence-electron chi connectivity index (χ1n) is 11.1. The molecule has 3 N–H and O–H groups in total. The van der Waals surface area contributed by atoms with Crippen LogP contribution >= 0.6 is 0 Å². The Morgan fingerprint density at radius 2 is 1.14 bits per heavy atom. The van der Waals surface area contributed by atoms with Crippen molar-refractivity contribution in [1.29, 1.82) is 0 Å². The summed E-state index contributed by atoms with van der Waals surface area (Å²) in [6, 6.07) is 17.6. The third kappa shape index (κ3) is 3.69. The fourth-order valence-electron chi connectivity index (χ4n) is 4.62. The molecule has 0 bridgehead atoms. The van der Waals surface area contributed by atoms with Crippen LogP contribution in [0.1, 0.15) is 28.4 Å². The Hall–Kier alpha value is -4.85. The van der Waals surface area contributed by atoms with E-state index in [1.807, 2.05) is 0 Å². The van der Waals surface area contributed by atoms with E-state index >= 15 is 0 Å². The van der Waals surface area contributed by atoms with E-state index in [-0.39, 0.29) is 50.1 Å². The molecule has 8 nitrogen and oxygen atoms in total. The number of fused-ring (bicyclic) bond motifs is 3. The molecule has 0 aliphatic rings. The van der Waals surface area contributed by atoms with E-state index in [0.717, 1.165) is 0 Å². The third-order valence-corrected chi connectivity index (χ3v) is 6.02. The van der Waals surface area contributed by atoms with Crippen molar-refractivity contribution in [1.82, 2.24) is 0 Å². The molecule has 8 heteroatoms. The van der Waals surface area contributed by atoms with Gasteiger partial charge >= 0.3 is 11.9 Å². The molecular formula is C28H20O8. The molecule has 0 aliphatic carbocycles. The van der Waals surface area contributed by atoms with E-state index in [9.17, 15) is 29.7 Å². The number of hydrogen-bond donors (Lipinski definition) is 3. The zero-order valence-corrected chi connectivity index (χ0v) is 19.1. The predicted molar refractivity (Wildman–Crippen MR) is 131 cm³/mol. The number of phenols is 1. The normalized spacial score (nSPS) is 11.2. The van der Waals surface area contributed by atoms with Gasteiger partial charge in [-0.05, 0) is 6.92 Å². The average Bonchev–Trinajstić information content (AvgIpc) is 3.38. The second kappa shape index (κ2) is 8.74. The summed E-state index contributed by atoms with van der Waals surface area (Å²) in [5.74, 6) is -2.88. The minimum atomic E-state index is -1.17. The molecule has 0 fully saturated rings. The van der Waals surface area contributed by atoms with Crippen molar-refractivity contribution in [3.63, 3.8) is 0 Å². The van der Waals surface area contributed by atoms with Crippen LogP contribution in [0, 0.1) is 0 Å². The van der Waals surface area contributed by atoms with Gasteiger partial charge in [0.05, 0.1) is 23.6 Å². The Bertz CT molecular complexity index is 1660. The Kier molecular flexibility index (Phi) is 5.56. The number of benzene rings is 3. The van der Waals surface area contributed by atoms with Gasteiger partial charge in [-0.2, -0.15) is 0 Å². The zero-order valence-electron chi connectivity index (χ0n) is 19.1. The number of hydrogen-bond acceptors (Lipinski definition) is 6. The second-order valence-corrected chi connectivity index (χ2v) is 8.38. The van der Waals surface area contributed by atoms with Crippen LogP contribution in [0.15, 0.2) is 69.5 Å². The van der Waals surface area contributed by atoms with Crippen LogP contribution < -0.4 is 0 Å². The molecule has 0 saturated heterocycles. The van der Waals surface area contributed by atoms with Crippen LogP contribution in [-0.2, 0) is 22.4 Å². The fourth-order valence-corrected chi connectivity index (χ4v) is 4.62. The molecule has 0 aliphatic heterocycles. The zero-order chi connectivity index (χ0) is 25.6. The Morgan fingerprint density at radius 3 is 1.58 bits per heavy atom. The molecule has 0 unspecified atom stereocenters. The molecule has 36 heavy (non-hydrogen) atoms. The molecule has 0 atom stereocenters. The Balaban J connectivity index is 2.01. The van der Waals surface area contributed by atoms with Gasteiger partial charge in [-0.1, -0.05) is 60.7 Å². The van der Waals surface area contributed by atoms with Crippen molar-refractivity contribution in [3.05, 3.63) is 77.4 Å². The number of rotatable bonds is 7. The molecule has 0 amide bonds. The molecule has 0 saturated carbocycles. The van der Waals surface area contributed by atoms with Crippen LogP contribution in [0.5, 0.6) is 5.75 Å². The van der Waals surface area contributed by atoms with Gasteiger partial charge in [0.1, 0.15) is 28.4 Å². The molecule has 180 valence electrons. The van der Waals surface area contributed by atoms with Crippen molar-refractivity contribution in [2.45, 2.75) is 19.8 Å². The van der Waals surface area contributed by atoms with Gasteiger partial charge in [-0.15, -0.1) is 0 Å². The number of carboxylic acid groups (broad SMARTS) is 2. The van der Waals surface area contributed by atoms with Crippen LogP contribution in [0.2, 0.25) is 0 Å². The molecule has 5 aromatic rings. The number of ketones is 1. The van der Waals surface area contributed by atoms with Crippen molar-refractivity contribution in [3.8, 4) is 28.4 Å². The number of carbonyl (C=O) groups is 3. The Morgan fingerprint density at radius 1 is 0.694 bits per heavy atom. The number of aromatic hydroxyl groups is 1. The van der Waals surface area contributed by atoms with Crippen molar-refractivity contribution >= 4 is 39.7 Å². The highest BCUT2D eigenvalue weighted by Gasteiger charge is 2.32. The molecule has 2 heterocycles. The van der Waals surface area contributed by atoms with E-state index in [2.05, 4.69) is 0 Å². The lowest BCUT2D eigenvalue weighted by molar-refractivity contribution is -0.137. The number of aliphatic carboxylic acids is 2. The topological polar surface area (TPSA) is 138 Å². The second-order valence-electron chi connectivity index (χ2n) is 8.38. The van der Waals surface area contributed by atoms with Gasteiger partial charge < -0.3 is 24.2 Å². The van der Waals surface area contributed by atoms with E-state index in [1.165, 1.54) is 6.92 Å². The van der Waals surface area contributed by atoms with Gasteiger partial charge in [0, 0.05) is 22.3 Å². The minimum Gasteiger partial charge on any atom is -0.506 e. The van der Waals surface area contributed by atoms with Gasteiger partial charge in [0.15, 0.2) is 11.4 Å². The maximum atomic E-state index is 12.7. The van der Waals surface area contributed by atoms with Gasteiger partial charge in [-0.3, -0.25) is 14.4 Å². The standard InChI is InChI=1S/C28H20O8/c1-14(29)21-24(34)22-17(12-19(30)31)25(15-8-4-2-5-9-15)36-28(22)23-18(13-20(32)33)26(35-27(21)23)16-10-6-3-7-11-16/h2-11,34H,12-13H2,1H3,(H,30,31)(H,32,33). The number of Topliss-reactive ketones (excluding diaryl/α,β-unsaturated/α-hetero) is 1. The number of carboxylic acids is 2. The van der Waals surface area contributed by atoms with Crippen molar-refractivity contribution in [2.75, 3.05) is 0 Å². The van der Waals surface area contributed by atoms with Gasteiger partial charge in [0.2, 0.25) is 0 Å². The number of phenolic OH excluding ortho intramolecular Hbond substituents is 1. The quantitative estimate of drug-likeness (QED) is 0.251. The van der Waals surface area contributed by atoms with E-state index < -0.39 is 36.3 Å². The summed E-state index contributed by atoms with van der Waals surface area (Å²) in [5.41, 5.74) is 1.45. The highest BCUT2D eigenvalue weighted by Crippen LogP contribution is 2.49. The summed E-state index contributed by atoms with van der Waals surface area (Å²) in [6.07, 6.45) is -0.949. The highest BCUT2D eigenvalue weighted by molar-refractivity contribution is 6.21. The molecule has 0 radical (unpaired) electrons. The van der Waals surface area contributed by atoms with Crippen molar-refractivity contribution < 1.29 is 38.5 Å². The lowest BCUT2D eigenvalue weighted by Gasteiger charge is -2.06. The predicted octanol–water partition coefficient (Wildman–Crippen LogP) is 5.68. The summed E-state index contributed by atoms with van der Waals surface area (Å²) in [7, 11) is 0.